The molecule has 1 aliphatic carbocycles. The van der Waals surface area contributed by atoms with Crippen molar-refractivity contribution in [2.75, 3.05) is 0 Å². The number of hydrogen-bond donors (Lipinski definition) is 2. The van der Waals surface area contributed by atoms with E-state index in [0.29, 0.717) is 5.56 Å². The van der Waals surface area contributed by atoms with Crippen LogP contribution in [0.25, 0.3) is 0 Å². The van der Waals surface area contributed by atoms with E-state index in [0.717, 1.165) is 12.8 Å². The van der Waals surface area contributed by atoms with Gasteiger partial charge in [-0.3, -0.25) is 20.4 Å². The summed E-state index contributed by atoms with van der Waals surface area (Å²) < 4.78 is 12.6. The van der Waals surface area contributed by atoms with Gasteiger partial charge in [0.1, 0.15) is 5.82 Å². The van der Waals surface area contributed by atoms with Gasteiger partial charge in [0, 0.05) is 5.92 Å². The lowest BCUT2D eigenvalue weighted by Crippen LogP contribution is -2.43. The number of benzene rings is 1. The zero-order valence-electron chi connectivity index (χ0n) is 9.20. The highest BCUT2D eigenvalue weighted by Crippen LogP contribution is 2.28. The molecule has 0 spiro atoms. The smallest absolute Gasteiger partial charge is 0.242 e. The third-order valence-corrected chi connectivity index (χ3v) is 2.55. The largest absolute Gasteiger partial charge is 0.273 e. The molecule has 0 bridgehead atoms. The first-order chi connectivity index (χ1) is 8.15. The van der Waals surface area contributed by atoms with E-state index in [-0.39, 0.29) is 30.0 Å². The van der Waals surface area contributed by atoms with Crippen LogP contribution in [-0.4, -0.2) is 11.8 Å². The van der Waals surface area contributed by atoms with Crippen LogP contribution < -0.4 is 10.9 Å². The molecule has 1 aromatic rings. The molecule has 0 atom stereocenters. The maximum atomic E-state index is 12.6. The fourth-order valence-corrected chi connectivity index (χ4v) is 1.41. The molecular weight excluding hydrogens is 223 g/mol. The Hall–Kier alpha value is -1.91. The van der Waals surface area contributed by atoms with Gasteiger partial charge >= 0.3 is 0 Å². The molecule has 2 rings (SSSR count). The summed E-state index contributed by atoms with van der Waals surface area (Å²) >= 11 is 0. The molecule has 1 saturated carbocycles. The Bertz CT molecular complexity index is 427. The van der Waals surface area contributed by atoms with Crippen LogP contribution in [0.2, 0.25) is 0 Å². The Balaban J connectivity index is 1.76. The third-order valence-electron chi connectivity index (χ3n) is 2.55. The van der Waals surface area contributed by atoms with Gasteiger partial charge in [-0.25, -0.2) is 4.39 Å². The van der Waals surface area contributed by atoms with Crippen molar-refractivity contribution in [2.45, 2.75) is 19.3 Å². The van der Waals surface area contributed by atoms with E-state index in [4.69, 9.17) is 0 Å². The molecule has 2 amide bonds. The summed E-state index contributed by atoms with van der Waals surface area (Å²) in [6.45, 7) is 0. The predicted molar refractivity (Wildman–Crippen MR) is 59.1 cm³/mol. The minimum Gasteiger partial charge on any atom is -0.273 e. The Morgan fingerprint density at radius 3 is 2.41 bits per heavy atom. The van der Waals surface area contributed by atoms with E-state index in [1.165, 1.54) is 24.3 Å². The van der Waals surface area contributed by atoms with Gasteiger partial charge < -0.3 is 0 Å². The second-order valence-corrected chi connectivity index (χ2v) is 4.11. The van der Waals surface area contributed by atoms with E-state index < -0.39 is 0 Å². The molecule has 0 unspecified atom stereocenters. The fourth-order valence-electron chi connectivity index (χ4n) is 1.41. The number of nitrogens with one attached hydrogen (secondary N) is 2. The van der Waals surface area contributed by atoms with Gasteiger partial charge in [-0.1, -0.05) is 12.1 Å². The molecular formula is C12H13FN2O2. The molecule has 5 heteroatoms. The molecule has 0 aromatic heterocycles. The first kappa shape index (κ1) is 11.6. The van der Waals surface area contributed by atoms with Crippen molar-refractivity contribution in [3.8, 4) is 0 Å². The van der Waals surface area contributed by atoms with Crippen LogP contribution in [-0.2, 0) is 16.0 Å². The highest BCUT2D eigenvalue weighted by molar-refractivity contribution is 5.85. The Kier molecular flexibility index (Phi) is 3.37. The average Bonchev–Trinajstić information content (AvgIpc) is 3.13. The summed E-state index contributed by atoms with van der Waals surface area (Å²) in [6, 6.07) is 5.67. The van der Waals surface area contributed by atoms with Gasteiger partial charge in [0.25, 0.3) is 0 Å². The molecule has 1 aliphatic rings. The lowest BCUT2D eigenvalue weighted by Gasteiger charge is -2.06. The quantitative estimate of drug-likeness (QED) is 0.767. The number of carbonyl (C=O) groups excluding carboxylic acids is 2. The topological polar surface area (TPSA) is 58.2 Å². The van der Waals surface area contributed by atoms with E-state index >= 15 is 0 Å². The van der Waals surface area contributed by atoms with Crippen molar-refractivity contribution >= 4 is 11.8 Å². The van der Waals surface area contributed by atoms with Gasteiger partial charge in [-0.05, 0) is 30.5 Å². The molecule has 0 radical (unpaired) electrons. The van der Waals surface area contributed by atoms with Crippen molar-refractivity contribution in [1.82, 2.24) is 10.9 Å². The zero-order chi connectivity index (χ0) is 12.3. The highest BCUT2D eigenvalue weighted by atomic mass is 19.1. The van der Waals surface area contributed by atoms with Crippen molar-refractivity contribution < 1.29 is 14.0 Å². The first-order valence-electron chi connectivity index (χ1n) is 5.48. The maximum Gasteiger partial charge on any atom is 0.242 e. The number of amides is 2. The van der Waals surface area contributed by atoms with E-state index in [2.05, 4.69) is 10.9 Å². The summed E-state index contributed by atoms with van der Waals surface area (Å²) in [6.07, 6.45) is 1.89. The van der Waals surface area contributed by atoms with Gasteiger partial charge in [-0.2, -0.15) is 0 Å². The number of hydrogen-bond acceptors (Lipinski definition) is 2. The number of carbonyl (C=O) groups is 2. The molecule has 4 nitrogen and oxygen atoms in total. The van der Waals surface area contributed by atoms with Crippen LogP contribution in [0.4, 0.5) is 4.39 Å². The predicted octanol–water partition coefficient (Wildman–Crippen LogP) is 0.926. The summed E-state index contributed by atoms with van der Waals surface area (Å²) in [5.41, 5.74) is 5.40. The normalized spacial score (nSPS) is 14.2. The minimum atomic E-state index is -0.337. The van der Waals surface area contributed by atoms with Gasteiger partial charge in [0.05, 0.1) is 6.42 Å². The lowest BCUT2D eigenvalue weighted by atomic mass is 10.1. The summed E-state index contributed by atoms with van der Waals surface area (Å²) in [7, 11) is 0. The third kappa shape index (κ3) is 3.55. The van der Waals surface area contributed by atoms with Gasteiger partial charge in [0.2, 0.25) is 11.8 Å². The van der Waals surface area contributed by atoms with Crippen LogP contribution in [0.1, 0.15) is 18.4 Å². The fraction of sp³-hybridized carbons (Fsp3) is 0.333. The van der Waals surface area contributed by atoms with Crippen LogP contribution >= 0.6 is 0 Å². The number of rotatable bonds is 3. The van der Waals surface area contributed by atoms with Crippen LogP contribution in [0.3, 0.4) is 0 Å². The minimum absolute atomic E-state index is 0.0566. The summed E-state index contributed by atoms with van der Waals surface area (Å²) in [5, 5.41) is 0. The van der Waals surface area contributed by atoms with E-state index in [1.807, 2.05) is 0 Å². The highest BCUT2D eigenvalue weighted by Gasteiger charge is 2.29. The van der Waals surface area contributed by atoms with Crippen LogP contribution in [0.15, 0.2) is 24.3 Å². The Labute approximate surface area is 98.2 Å². The number of halogens is 1. The SMILES string of the molecule is O=C(Cc1ccc(F)cc1)NNC(=O)C1CC1. The Morgan fingerprint density at radius 1 is 1.18 bits per heavy atom. The second kappa shape index (κ2) is 4.95. The van der Waals surface area contributed by atoms with Crippen molar-refractivity contribution in [2.24, 2.45) is 5.92 Å². The molecule has 1 fully saturated rings. The lowest BCUT2D eigenvalue weighted by molar-refractivity contribution is -0.129. The zero-order valence-corrected chi connectivity index (χ0v) is 9.20. The van der Waals surface area contributed by atoms with Crippen LogP contribution in [0.5, 0.6) is 0 Å². The van der Waals surface area contributed by atoms with Crippen molar-refractivity contribution in [3.05, 3.63) is 35.6 Å². The molecule has 2 N–H and O–H groups in total. The molecule has 17 heavy (non-hydrogen) atoms. The first-order valence-corrected chi connectivity index (χ1v) is 5.48. The maximum absolute atomic E-state index is 12.6. The Morgan fingerprint density at radius 2 is 1.82 bits per heavy atom. The van der Waals surface area contributed by atoms with Crippen molar-refractivity contribution in [1.29, 1.82) is 0 Å². The molecule has 0 heterocycles. The van der Waals surface area contributed by atoms with Crippen molar-refractivity contribution in [3.63, 3.8) is 0 Å². The van der Waals surface area contributed by atoms with Crippen LogP contribution in [0, 0.1) is 11.7 Å². The van der Waals surface area contributed by atoms with E-state index in [9.17, 15) is 14.0 Å². The van der Waals surface area contributed by atoms with Gasteiger partial charge in [0.15, 0.2) is 0 Å². The molecule has 0 saturated heterocycles. The second-order valence-electron chi connectivity index (χ2n) is 4.11. The van der Waals surface area contributed by atoms with Gasteiger partial charge in [-0.15, -0.1) is 0 Å². The summed E-state index contributed by atoms with van der Waals surface area (Å²) in [4.78, 5) is 22.7. The number of hydrazine groups is 1. The molecule has 1 aromatic carbocycles. The standard InChI is InChI=1S/C12H13FN2O2/c13-10-5-1-8(2-6-10)7-11(16)14-15-12(17)9-3-4-9/h1-2,5-6,9H,3-4,7H2,(H,14,16)(H,15,17). The average molecular weight is 236 g/mol. The van der Waals surface area contributed by atoms with E-state index in [1.54, 1.807) is 0 Å². The monoisotopic (exact) mass is 236 g/mol. The molecule has 90 valence electrons. The molecule has 0 aliphatic heterocycles. The summed E-state index contributed by atoms with van der Waals surface area (Å²) in [5.74, 6) is -0.736.